The molecule has 8 nitrogen and oxygen atoms in total. The minimum atomic E-state index is -0.719. The molecule has 0 saturated heterocycles. The summed E-state index contributed by atoms with van der Waals surface area (Å²) in [5.74, 6) is 0.268. The fraction of sp³-hybridized carbons (Fsp3) is 0.333. The van der Waals surface area contributed by atoms with Gasteiger partial charge in [-0.15, -0.1) is 0 Å². The molecular weight excluding hydrogens is 342 g/mol. The summed E-state index contributed by atoms with van der Waals surface area (Å²) in [6.45, 7) is 1.32. The first-order valence-electron chi connectivity index (χ1n) is 7.80. The van der Waals surface area contributed by atoms with Gasteiger partial charge in [0.15, 0.2) is 18.1 Å². The Morgan fingerprint density at radius 1 is 1.08 bits per heavy atom. The average molecular weight is 363 g/mol. The highest BCUT2D eigenvalue weighted by atomic mass is 16.5. The van der Waals surface area contributed by atoms with Crippen LogP contribution >= 0.6 is 0 Å². The smallest absolute Gasteiger partial charge is 0.342 e. The highest BCUT2D eigenvalue weighted by Crippen LogP contribution is 2.39. The van der Waals surface area contributed by atoms with Gasteiger partial charge in [0.25, 0.3) is 5.91 Å². The summed E-state index contributed by atoms with van der Waals surface area (Å²) in [4.78, 5) is 24.3. The molecule has 0 aliphatic rings. The van der Waals surface area contributed by atoms with Crippen molar-refractivity contribution >= 4 is 11.9 Å². The lowest BCUT2D eigenvalue weighted by Gasteiger charge is -2.15. The minimum Gasteiger partial charge on any atom is -0.493 e. The van der Waals surface area contributed by atoms with Gasteiger partial charge in [0, 0.05) is 0 Å². The maximum absolute atomic E-state index is 12.3. The summed E-state index contributed by atoms with van der Waals surface area (Å²) in [6, 6.07) is 6.15. The molecule has 2 aromatic rings. The second-order valence-electron chi connectivity index (χ2n) is 5.26. The Labute approximate surface area is 151 Å². The van der Waals surface area contributed by atoms with Crippen molar-refractivity contribution in [3.05, 3.63) is 41.9 Å². The maximum atomic E-state index is 12.3. The van der Waals surface area contributed by atoms with Crippen LogP contribution in [0.25, 0.3) is 0 Å². The largest absolute Gasteiger partial charge is 0.493 e. The Morgan fingerprint density at radius 2 is 1.81 bits per heavy atom. The number of nitrogens with one attached hydrogen (secondary N) is 1. The number of benzene rings is 1. The summed E-state index contributed by atoms with van der Waals surface area (Å²) in [6.07, 6.45) is 1.52. The van der Waals surface area contributed by atoms with E-state index < -0.39 is 18.5 Å². The molecule has 1 aromatic heterocycles. The standard InChI is InChI=1S/C18H21NO7/c1-11(13-6-5-9-25-13)19-15(20)10-26-18(21)12-7-8-14(22-2)17(24-4)16(12)23-3/h5-9,11H,10H2,1-4H3,(H,19,20)/t11-/m1/s1. The number of methoxy groups -OCH3 is 3. The van der Waals surface area contributed by atoms with Gasteiger partial charge in [0.1, 0.15) is 11.3 Å². The average Bonchev–Trinajstić information content (AvgIpc) is 3.19. The van der Waals surface area contributed by atoms with E-state index in [0.29, 0.717) is 11.5 Å². The Kier molecular flexibility index (Phi) is 6.48. The second-order valence-corrected chi connectivity index (χ2v) is 5.26. The zero-order chi connectivity index (χ0) is 19.1. The number of hydrogen-bond donors (Lipinski definition) is 1. The lowest BCUT2D eigenvalue weighted by Crippen LogP contribution is -2.31. The van der Waals surface area contributed by atoms with Gasteiger partial charge >= 0.3 is 5.97 Å². The highest BCUT2D eigenvalue weighted by Gasteiger charge is 2.22. The molecule has 140 valence electrons. The maximum Gasteiger partial charge on any atom is 0.342 e. The molecule has 1 heterocycles. The van der Waals surface area contributed by atoms with E-state index in [1.54, 1.807) is 25.1 Å². The molecule has 0 unspecified atom stereocenters. The normalized spacial score (nSPS) is 11.4. The van der Waals surface area contributed by atoms with Gasteiger partial charge < -0.3 is 28.7 Å². The van der Waals surface area contributed by atoms with Crippen molar-refractivity contribution in [2.45, 2.75) is 13.0 Å². The minimum absolute atomic E-state index is 0.122. The van der Waals surface area contributed by atoms with Crippen LogP contribution in [-0.4, -0.2) is 39.8 Å². The molecule has 1 amide bonds. The molecule has 0 spiro atoms. The number of ether oxygens (including phenoxy) is 4. The van der Waals surface area contributed by atoms with Gasteiger partial charge in [0.2, 0.25) is 5.75 Å². The van der Waals surface area contributed by atoms with E-state index in [1.165, 1.54) is 33.7 Å². The van der Waals surface area contributed by atoms with E-state index in [9.17, 15) is 9.59 Å². The summed E-state index contributed by atoms with van der Waals surface area (Å²) < 4.78 is 25.9. The zero-order valence-electron chi connectivity index (χ0n) is 15.0. The van der Waals surface area contributed by atoms with Gasteiger partial charge in [-0.05, 0) is 31.2 Å². The first-order chi connectivity index (χ1) is 12.5. The first-order valence-corrected chi connectivity index (χ1v) is 7.80. The second kappa shape index (κ2) is 8.80. The van der Waals surface area contributed by atoms with Crippen molar-refractivity contribution in [2.24, 2.45) is 0 Å². The van der Waals surface area contributed by atoms with E-state index in [1.807, 2.05) is 0 Å². The van der Waals surface area contributed by atoms with E-state index in [4.69, 9.17) is 23.4 Å². The number of amides is 1. The Hall–Kier alpha value is -3.16. The lowest BCUT2D eigenvalue weighted by molar-refractivity contribution is -0.125. The SMILES string of the molecule is COc1ccc(C(=O)OCC(=O)N[C@H](C)c2ccco2)c(OC)c1OC. The van der Waals surface area contributed by atoms with Crippen LogP contribution in [0.15, 0.2) is 34.9 Å². The molecular formula is C18H21NO7. The number of carbonyl (C=O) groups excluding carboxylic acids is 2. The third-order valence-corrected chi connectivity index (χ3v) is 3.61. The van der Waals surface area contributed by atoms with E-state index in [-0.39, 0.29) is 23.1 Å². The van der Waals surface area contributed by atoms with Gasteiger partial charge in [-0.2, -0.15) is 0 Å². The van der Waals surface area contributed by atoms with Gasteiger partial charge in [-0.1, -0.05) is 0 Å². The van der Waals surface area contributed by atoms with Crippen LogP contribution < -0.4 is 19.5 Å². The predicted molar refractivity (Wildman–Crippen MR) is 91.6 cm³/mol. The number of carbonyl (C=O) groups is 2. The monoisotopic (exact) mass is 363 g/mol. The van der Waals surface area contributed by atoms with Crippen LogP contribution in [0, 0.1) is 0 Å². The molecule has 1 aromatic carbocycles. The van der Waals surface area contributed by atoms with Crippen LogP contribution in [0.4, 0.5) is 0 Å². The molecule has 8 heteroatoms. The molecule has 0 bridgehead atoms. The van der Waals surface area contributed by atoms with Crippen LogP contribution in [-0.2, 0) is 9.53 Å². The molecule has 0 radical (unpaired) electrons. The molecule has 0 aliphatic carbocycles. The first kappa shape index (κ1) is 19.2. The van der Waals surface area contributed by atoms with Crippen LogP contribution in [0.5, 0.6) is 17.2 Å². The Bertz CT molecular complexity index is 755. The summed E-state index contributed by atoms with van der Waals surface area (Å²) in [7, 11) is 4.30. The highest BCUT2D eigenvalue weighted by molar-refractivity contribution is 5.95. The number of esters is 1. The number of furan rings is 1. The third-order valence-electron chi connectivity index (χ3n) is 3.61. The molecule has 0 saturated carbocycles. The fourth-order valence-corrected chi connectivity index (χ4v) is 2.36. The molecule has 26 heavy (non-hydrogen) atoms. The van der Waals surface area contributed by atoms with Crippen molar-refractivity contribution < 1.29 is 33.0 Å². The number of rotatable bonds is 8. The van der Waals surface area contributed by atoms with Crippen LogP contribution in [0.3, 0.4) is 0 Å². The van der Waals surface area contributed by atoms with Crippen molar-refractivity contribution in [1.29, 1.82) is 0 Å². The van der Waals surface area contributed by atoms with Crippen molar-refractivity contribution in [1.82, 2.24) is 5.32 Å². The van der Waals surface area contributed by atoms with Crippen LogP contribution in [0.2, 0.25) is 0 Å². The lowest BCUT2D eigenvalue weighted by atomic mass is 10.1. The van der Waals surface area contributed by atoms with Gasteiger partial charge in [0.05, 0.1) is 33.6 Å². The Morgan fingerprint density at radius 3 is 2.38 bits per heavy atom. The van der Waals surface area contributed by atoms with Crippen molar-refractivity contribution in [3.63, 3.8) is 0 Å². The molecule has 0 fully saturated rings. The third kappa shape index (κ3) is 4.27. The van der Waals surface area contributed by atoms with E-state index in [2.05, 4.69) is 5.32 Å². The summed E-state index contributed by atoms with van der Waals surface area (Å²) in [5, 5.41) is 2.67. The number of hydrogen-bond acceptors (Lipinski definition) is 7. The van der Waals surface area contributed by atoms with E-state index >= 15 is 0 Å². The van der Waals surface area contributed by atoms with Gasteiger partial charge in [-0.3, -0.25) is 4.79 Å². The fourth-order valence-electron chi connectivity index (χ4n) is 2.36. The predicted octanol–water partition coefficient (Wildman–Crippen LogP) is 2.34. The molecule has 2 rings (SSSR count). The van der Waals surface area contributed by atoms with E-state index in [0.717, 1.165) is 0 Å². The zero-order valence-corrected chi connectivity index (χ0v) is 15.0. The molecule has 1 atom stereocenters. The van der Waals surface area contributed by atoms with Crippen molar-refractivity contribution in [2.75, 3.05) is 27.9 Å². The van der Waals surface area contributed by atoms with Gasteiger partial charge in [-0.25, -0.2) is 4.79 Å². The molecule has 0 aliphatic heterocycles. The summed E-state index contributed by atoms with van der Waals surface area (Å²) >= 11 is 0. The quantitative estimate of drug-likeness (QED) is 0.719. The summed E-state index contributed by atoms with van der Waals surface area (Å²) in [5.41, 5.74) is 0.122. The topological polar surface area (TPSA) is 96.2 Å². The Balaban J connectivity index is 2.02. The molecule has 1 N–H and O–H groups in total. The van der Waals surface area contributed by atoms with Crippen molar-refractivity contribution in [3.8, 4) is 17.2 Å². The van der Waals surface area contributed by atoms with Crippen LogP contribution in [0.1, 0.15) is 29.1 Å².